The first-order valence-corrected chi connectivity index (χ1v) is 8.00. The van der Waals surface area contributed by atoms with Crippen LogP contribution < -0.4 is 5.73 Å². The SMILES string of the molecule is CC(C)[C@H](N)C(=O)N1CCC(OOC(=O)CC(C)(C)C)CC1. The summed E-state index contributed by atoms with van der Waals surface area (Å²) in [5.74, 6) is -0.245. The minimum atomic E-state index is -0.456. The summed E-state index contributed by atoms with van der Waals surface area (Å²) in [6.07, 6.45) is 1.47. The summed E-state index contributed by atoms with van der Waals surface area (Å²) in [6, 6.07) is -0.456. The highest BCUT2D eigenvalue weighted by Gasteiger charge is 2.29. The van der Waals surface area contributed by atoms with Gasteiger partial charge in [0.05, 0.1) is 12.5 Å². The minimum absolute atomic E-state index is 0.0156. The molecule has 1 amide bonds. The Bertz CT molecular complexity index is 382. The molecular weight excluding hydrogens is 284 g/mol. The van der Waals surface area contributed by atoms with Gasteiger partial charge in [-0.2, -0.15) is 4.89 Å². The molecule has 128 valence electrons. The van der Waals surface area contributed by atoms with Gasteiger partial charge in [-0.25, -0.2) is 4.79 Å². The van der Waals surface area contributed by atoms with E-state index in [-0.39, 0.29) is 29.3 Å². The van der Waals surface area contributed by atoms with Crippen LogP contribution in [0.1, 0.15) is 53.9 Å². The zero-order valence-electron chi connectivity index (χ0n) is 14.4. The third-order valence-electron chi connectivity index (χ3n) is 3.71. The zero-order chi connectivity index (χ0) is 16.9. The fourth-order valence-electron chi connectivity index (χ4n) is 2.25. The van der Waals surface area contributed by atoms with Crippen LogP contribution in [0.3, 0.4) is 0 Å². The Morgan fingerprint density at radius 3 is 2.23 bits per heavy atom. The lowest BCUT2D eigenvalue weighted by Crippen LogP contribution is -2.50. The van der Waals surface area contributed by atoms with E-state index < -0.39 is 6.04 Å². The van der Waals surface area contributed by atoms with Crippen molar-refractivity contribution in [3.63, 3.8) is 0 Å². The van der Waals surface area contributed by atoms with Crippen molar-refractivity contribution < 1.29 is 19.4 Å². The van der Waals surface area contributed by atoms with Crippen molar-refractivity contribution in [2.45, 2.75) is 66.0 Å². The molecule has 0 radical (unpaired) electrons. The van der Waals surface area contributed by atoms with Crippen LogP contribution >= 0.6 is 0 Å². The summed E-state index contributed by atoms with van der Waals surface area (Å²) < 4.78 is 0. The zero-order valence-corrected chi connectivity index (χ0v) is 14.4. The number of hydrogen-bond acceptors (Lipinski definition) is 5. The number of hydrogen-bond donors (Lipinski definition) is 1. The number of likely N-dealkylation sites (tertiary alicyclic amines) is 1. The van der Waals surface area contributed by atoms with E-state index in [0.717, 1.165) is 0 Å². The van der Waals surface area contributed by atoms with Gasteiger partial charge in [0.25, 0.3) is 0 Å². The topological polar surface area (TPSA) is 81.9 Å². The van der Waals surface area contributed by atoms with Crippen LogP contribution in [-0.2, 0) is 19.4 Å². The molecule has 1 aliphatic heterocycles. The first-order chi connectivity index (χ1) is 10.1. The first-order valence-electron chi connectivity index (χ1n) is 8.00. The summed E-state index contributed by atoms with van der Waals surface area (Å²) in [7, 11) is 0. The quantitative estimate of drug-likeness (QED) is 0.619. The Hall–Kier alpha value is -1.14. The van der Waals surface area contributed by atoms with Crippen molar-refractivity contribution in [1.82, 2.24) is 4.90 Å². The largest absolute Gasteiger partial charge is 0.342 e. The van der Waals surface area contributed by atoms with Crippen molar-refractivity contribution in [2.75, 3.05) is 13.1 Å². The summed E-state index contributed by atoms with van der Waals surface area (Å²) in [4.78, 5) is 35.6. The average Bonchev–Trinajstić information content (AvgIpc) is 2.42. The number of carbonyl (C=O) groups is 2. The normalized spacial score (nSPS) is 18.4. The van der Waals surface area contributed by atoms with Crippen LogP contribution in [0.2, 0.25) is 0 Å². The Morgan fingerprint density at radius 1 is 1.23 bits per heavy atom. The molecule has 0 spiro atoms. The molecule has 6 heteroatoms. The van der Waals surface area contributed by atoms with Crippen molar-refractivity contribution in [1.29, 1.82) is 0 Å². The Labute approximate surface area is 133 Å². The Morgan fingerprint density at radius 2 is 1.77 bits per heavy atom. The Kier molecular flexibility index (Phi) is 6.81. The highest BCUT2D eigenvalue weighted by atomic mass is 17.2. The predicted octanol–water partition coefficient (Wildman–Crippen LogP) is 1.87. The molecule has 1 rings (SSSR count). The molecule has 0 bridgehead atoms. The van der Waals surface area contributed by atoms with Gasteiger partial charge in [0.1, 0.15) is 6.10 Å². The van der Waals surface area contributed by atoms with Crippen LogP contribution in [-0.4, -0.2) is 42.0 Å². The second kappa shape index (κ2) is 7.92. The van der Waals surface area contributed by atoms with E-state index in [9.17, 15) is 9.59 Å². The molecule has 0 aromatic heterocycles. The lowest BCUT2D eigenvalue weighted by Gasteiger charge is -2.33. The summed E-state index contributed by atoms with van der Waals surface area (Å²) in [5.41, 5.74) is 5.77. The number of amides is 1. The van der Waals surface area contributed by atoms with E-state index in [1.807, 2.05) is 34.6 Å². The molecule has 1 atom stereocenters. The lowest BCUT2D eigenvalue weighted by molar-refractivity contribution is -0.304. The van der Waals surface area contributed by atoms with Gasteiger partial charge in [-0.3, -0.25) is 9.68 Å². The van der Waals surface area contributed by atoms with Gasteiger partial charge < -0.3 is 10.6 Å². The molecule has 0 aliphatic carbocycles. The number of nitrogens with two attached hydrogens (primary N) is 1. The summed E-state index contributed by atoms with van der Waals surface area (Å²) >= 11 is 0. The third-order valence-corrected chi connectivity index (χ3v) is 3.71. The van der Waals surface area contributed by atoms with Gasteiger partial charge in [0.2, 0.25) is 5.91 Å². The standard InChI is InChI=1S/C16H30N2O4/c1-11(2)14(17)15(20)18-8-6-12(7-9-18)21-22-13(19)10-16(3,4)5/h11-12,14H,6-10,17H2,1-5H3/t14-/m0/s1. The Balaban J connectivity index is 2.31. The maximum atomic E-state index is 12.1. The molecule has 1 fully saturated rings. The second-order valence-corrected chi connectivity index (χ2v) is 7.58. The van der Waals surface area contributed by atoms with Crippen LogP contribution in [0.15, 0.2) is 0 Å². The fraction of sp³-hybridized carbons (Fsp3) is 0.875. The highest BCUT2D eigenvalue weighted by molar-refractivity contribution is 5.82. The molecule has 1 aliphatic rings. The molecule has 0 unspecified atom stereocenters. The lowest BCUT2D eigenvalue weighted by atomic mass is 9.93. The van der Waals surface area contributed by atoms with E-state index in [2.05, 4.69) is 0 Å². The van der Waals surface area contributed by atoms with E-state index in [0.29, 0.717) is 32.4 Å². The van der Waals surface area contributed by atoms with Crippen LogP contribution in [0.4, 0.5) is 0 Å². The summed E-state index contributed by atoms with van der Waals surface area (Å²) in [6.45, 7) is 10.9. The van der Waals surface area contributed by atoms with Gasteiger partial charge >= 0.3 is 5.97 Å². The number of rotatable bonds is 5. The first kappa shape index (κ1) is 18.9. The van der Waals surface area contributed by atoms with Gasteiger partial charge in [0, 0.05) is 13.1 Å². The second-order valence-electron chi connectivity index (χ2n) is 7.58. The van der Waals surface area contributed by atoms with Crippen LogP contribution in [0.25, 0.3) is 0 Å². The number of piperidine rings is 1. The highest BCUT2D eigenvalue weighted by Crippen LogP contribution is 2.20. The van der Waals surface area contributed by atoms with Crippen LogP contribution in [0.5, 0.6) is 0 Å². The molecule has 22 heavy (non-hydrogen) atoms. The monoisotopic (exact) mass is 314 g/mol. The number of carbonyl (C=O) groups excluding carboxylic acids is 2. The van der Waals surface area contributed by atoms with Crippen molar-refractivity contribution in [3.05, 3.63) is 0 Å². The smallest absolute Gasteiger partial charge is 0.341 e. The molecule has 0 aromatic carbocycles. The summed E-state index contributed by atoms with van der Waals surface area (Å²) in [5, 5.41) is 0. The third kappa shape index (κ3) is 6.32. The molecular formula is C16H30N2O4. The van der Waals surface area contributed by atoms with Crippen molar-refractivity contribution >= 4 is 11.9 Å². The maximum Gasteiger partial charge on any atom is 0.342 e. The molecule has 2 N–H and O–H groups in total. The minimum Gasteiger partial charge on any atom is -0.341 e. The van der Waals surface area contributed by atoms with Crippen LogP contribution in [0, 0.1) is 11.3 Å². The van der Waals surface area contributed by atoms with Gasteiger partial charge in [-0.15, -0.1) is 0 Å². The van der Waals surface area contributed by atoms with Crippen molar-refractivity contribution in [2.24, 2.45) is 17.1 Å². The number of nitrogens with zero attached hydrogens (tertiary/aromatic N) is 1. The fourth-order valence-corrected chi connectivity index (χ4v) is 2.25. The molecule has 0 saturated carbocycles. The molecule has 6 nitrogen and oxygen atoms in total. The predicted molar refractivity (Wildman–Crippen MR) is 83.7 cm³/mol. The van der Waals surface area contributed by atoms with Gasteiger partial charge in [-0.1, -0.05) is 34.6 Å². The van der Waals surface area contributed by atoms with Gasteiger partial charge in [0.15, 0.2) is 0 Å². The van der Waals surface area contributed by atoms with E-state index in [1.165, 1.54) is 0 Å². The van der Waals surface area contributed by atoms with E-state index in [1.54, 1.807) is 4.90 Å². The maximum absolute atomic E-state index is 12.1. The molecule has 0 aromatic rings. The average molecular weight is 314 g/mol. The van der Waals surface area contributed by atoms with Crippen molar-refractivity contribution in [3.8, 4) is 0 Å². The van der Waals surface area contributed by atoms with Gasteiger partial charge in [-0.05, 0) is 24.2 Å². The van der Waals surface area contributed by atoms with E-state index >= 15 is 0 Å². The van der Waals surface area contributed by atoms with E-state index in [4.69, 9.17) is 15.5 Å². The molecule has 1 saturated heterocycles. The molecule has 1 heterocycles.